The summed E-state index contributed by atoms with van der Waals surface area (Å²) in [6.45, 7) is 4.58. The number of ether oxygens (including phenoxy) is 2. The number of rotatable bonds is 8. The second-order valence-electron chi connectivity index (χ2n) is 8.86. The third kappa shape index (κ3) is 5.39. The van der Waals surface area contributed by atoms with Gasteiger partial charge in [0.05, 0.1) is 26.5 Å². The molecule has 190 valence electrons. The molecule has 2 aromatic heterocycles. The minimum Gasteiger partial charge on any atom is -0.497 e. The van der Waals surface area contributed by atoms with Crippen LogP contribution >= 0.6 is 0 Å². The second kappa shape index (κ2) is 11.3. The summed E-state index contributed by atoms with van der Waals surface area (Å²) in [7, 11) is 4.88. The zero-order chi connectivity index (χ0) is 25.7. The van der Waals surface area contributed by atoms with Crippen molar-refractivity contribution in [1.29, 1.82) is 0 Å². The lowest BCUT2D eigenvalue weighted by Gasteiger charge is -2.26. The molecule has 36 heavy (non-hydrogen) atoms. The molecule has 0 radical (unpaired) electrons. The molecule has 0 bridgehead atoms. The maximum atomic E-state index is 13.7. The van der Waals surface area contributed by atoms with Crippen molar-refractivity contribution in [3.63, 3.8) is 0 Å². The molecular formula is C28H33N3O5. The summed E-state index contributed by atoms with van der Waals surface area (Å²) >= 11 is 0. The van der Waals surface area contributed by atoms with Crippen LogP contribution < -0.4 is 15.0 Å². The Labute approximate surface area is 211 Å². The van der Waals surface area contributed by atoms with Crippen molar-refractivity contribution in [3.05, 3.63) is 87.7 Å². The predicted molar refractivity (Wildman–Crippen MR) is 139 cm³/mol. The largest absolute Gasteiger partial charge is 0.497 e. The SMILES string of the molecule is COc1ccc(/C=C/CN2CCc3c(C(=O)N(C)C(C)c4ccco4)c(OC)cc(=O)n3CC2)cc1. The Balaban J connectivity index is 1.53. The first kappa shape index (κ1) is 25.3. The van der Waals surface area contributed by atoms with Gasteiger partial charge in [0.25, 0.3) is 11.5 Å². The van der Waals surface area contributed by atoms with Crippen LogP contribution in [0.2, 0.25) is 0 Å². The van der Waals surface area contributed by atoms with Crippen LogP contribution in [0.1, 0.15) is 40.3 Å². The molecule has 3 aromatic rings. The van der Waals surface area contributed by atoms with E-state index in [0.717, 1.165) is 24.4 Å². The second-order valence-corrected chi connectivity index (χ2v) is 8.86. The Kier molecular flexibility index (Phi) is 7.95. The Morgan fingerprint density at radius 3 is 2.58 bits per heavy atom. The molecule has 0 saturated heterocycles. The fourth-order valence-electron chi connectivity index (χ4n) is 4.49. The topological polar surface area (TPSA) is 77.2 Å². The highest BCUT2D eigenvalue weighted by atomic mass is 16.5. The predicted octanol–water partition coefficient (Wildman–Crippen LogP) is 3.86. The number of amides is 1. The van der Waals surface area contributed by atoms with Crippen molar-refractivity contribution >= 4 is 12.0 Å². The molecule has 3 heterocycles. The standard InChI is InChI=1S/C28H33N3O5/c1-20(24-8-6-18-36-24)29(2)28(33)27-23-13-15-30(16-17-31(23)26(32)19-25(27)35-4)14-5-7-21-9-11-22(34-3)12-10-21/h5-12,18-20H,13-17H2,1-4H3/b7-5+. The van der Waals surface area contributed by atoms with Gasteiger partial charge < -0.3 is 23.4 Å². The average molecular weight is 492 g/mol. The summed E-state index contributed by atoms with van der Waals surface area (Å²) in [5.74, 6) is 1.63. The molecule has 1 aliphatic rings. The lowest BCUT2D eigenvalue weighted by Crippen LogP contribution is -2.34. The lowest BCUT2D eigenvalue weighted by molar-refractivity contribution is 0.0720. The van der Waals surface area contributed by atoms with Crippen LogP contribution in [0, 0.1) is 0 Å². The van der Waals surface area contributed by atoms with Crippen LogP contribution in [0.4, 0.5) is 0 Å². The lowest BCUT2D eigenvalue weighted by atomic mass is 10.1. The number of pyridine rings is 1. The van der Waals surface area contributed by atoms with Crippen molar-refractivity contribution in [3.8, 4) is 11.5 Å². The van der Waals surface area contributed by atoms with Gasteiger partial charge in [-0.3, -0.25) is 14.5 Å². The van der Waals surface area contributed by atoms with E-state index >= 15 is 0 Å². The van der Waals surface area contributed by atoms with Crippen molar-refractivity contribution < 1.29 is 18.7 Å². The summed E-state index contributed by atoms with van der Waals surface area (Å²) in [6, 6.07) is 12.7. The molecule has 4 rings (SSSR count). The molecular weight excluding hydrogens is 458 g/mol. The number of hydrogen-bond donors (Lipinski definition) is 0. The van der Waals surface area contributed by atoms with Crippen molar-refractivity contribution in [2.75, 3.05) is 40.9 Å². The first-order valence-corrected chi connectivity index (χ1v) is 12.1. The number of benzene rings is 1. The highest BCUT2D eigenvalue weighted by Crippen LogP contribution is 2.28. The normalized spacial score (nSPS) is 14.8. The Bertz CT molecular complexity index is 1260. The van der Waals surface area contributed by atoms with Gasteiger partial charge in [-0.25, -0.2) is 0 Å². The van der Waals surface area contributed by atoms with E-state index in [4.69, 9.17) is 13.9 Å². The number of hydrogen-bond acceptors (Lipinski definition) is 6. The van der Waals surface area contributed by atoms with Crippen LogP contribution in [0.15, 0.2) is 64.0 Å². The van der Waals surface area contributed by atoms with Gasteiger partial charge in [0, 0.05) is 51.4 Å². The highest BCUT2D eigenvalue weighted by Gasteiger charge is 2.29. The molecule has 1 atom stereocenters. The fraction of sp³-hybridized carbons (Fsp3) is 0.357. The van der Waals surface area contributed by atoms with E-state index in [9.17, 15) is 9.59 Å². The molecule has 0 aliphatic carbocycles. The van der Waals surface area contributed by atoms with Crippen LogP contribution in [-0.2, 0) is 13.0 Å². The number of methoxy groups -OCH3 is 2. The van der Waals surface area contributed by atoms with E-state index in [1.54, 1.807) is 36.0 Å². The molecule has 0 saturated carbocycles. The summed E-state index contributed by atoms with van der Waals surface area (Å²) in [6.07, 6.45) is 6.35. The third-order valence-corrected chi connectivity index (χ3v) is 6.77. The Morgan fingerprint density at radius 2 is 1.92 bits per heavy atom. The molecule has 8 nitrogen and oxygen atoms in total. The number of carbonyl (C=O) groups excluding carboxylic acids is 1. The van der Waals surface area contributed by atoms with E-state index in [1.807, 2.05) is 37.3 Å². The van der Waals surface area contributed by atoms with Crippen LogP contribution in [0.3, 0.4) is 0 Å². The van der Waals surface area contributed by atoms with Crippen molar-refractivity contribution in [2.24, 2.45) is 0 Å². The van der Waals surface area contributed by atoms with Gasteiger partial charge in [-0.05, 0) is 36.8 Å². The maximum absolute atomic E-state index is 13.7. The smallest absolute Gasteiger partial charge is 0.259 e. The van der Waals surface area contributed by atoms with Gasteiger partial charge in [0.2, 0.25) is 0 Å². The Morgan fingerprint density at radius 1 is 1.14 bits per heavy atom. The zero-order valence-corrected chi connectivity index (χ0v) is 21.3. The fourth-order valence-corrected chi connectivity index (χ4v) is 4.49. The van der Waals surface area contributed by atoms with E-state index in [-0.39, 0.29) is 17.5 Å². The van der Waals surface area contributed by atoms with E-state index < -0.39 is 0 Å². The first-order chi connectivity index (χ1) is 17.4. The van der Waals surface area contributed by atoms with Crippen molar-refractivity contribution in [2.45, 2.75) is 25.9 Å². The molecule has 1 aliphatic heterocycles. The summed E-state index contributed by atoms with van der Waals surface area (Å²) in [5, 5.41) is 0. The van der Waals surface area contributed by atoms with Crippen molar-refractivity contribution in [1.82, 2.24) is 14.4 Å². The summed E-state index contributed by atoms with van der Waals surface area (Å²) < 4.78 is 17.9. The van der Waals surface area contributed by atoms with E-state index in [0.29, 0.717) is 42.3 Å². The highest BCUT2D eigenvalue weighted by molar-refractivity contribution is 5.98. The van der Waals surface area contributed by atoms with E-state index in [2.05, 4.69) is 17.1 Å². The molecule has 1 amide bonds. The third-order valence-electron chi connectivity index (χ3n) is 6.77. The molecule has 0 N–H and O–H groups in total. The van der Waals surface area contributed by atoms with Crippen LogP contribution in [-0.4, -0.2) is 61.2 Å². The minimum absolute atomic E-state index is 0.157. The van der Waals surface area contributed by atoms with Gasteiger partial charge in [-0.15, -0.1) is 0 Å². The molecule has 0 fully saturated rings. The van der Waals surface area contributed by atoms with Gasteiger partial charge in [0.1, 0.15) is 22.8 Å². The molecule has 0 spiro atoms. The number of carbonyl (C=O) groups is 1. The summed E-state index contributed by atoms with van der Waals surface area (Å²) in [5.41, 5.74) is 2.09. The monoisotopic (exact) mass is 491 g/mol. The number of fused-ring (bicyclic) bond motifs is 1. The zero-order valence-electron chi connectivity index (χ0n) is 21.3. The number of furan rings is 1. The number of nitrogens with zero attached hydrogens (tertiary/aromatic N) is 3. The number of aromatic nitrogens is 1. The van der Waals surface area contributed by atoms with Crippen LogP contribution in [0.25, 0.3) is 6.08 Å². The van der Waals surface area contributed by atoms with E-state index in [1.165, 1.54) is 13.2 Å². The molecule has 1 aromatic carbocycles. The van der Waals surface area contributed by atoms with Gasteiger partial charge in [0.15, 0.2) is 0 Å². The van der Waals surface area contributed by atoms with Crippen LogP contribution in [0.5, 0.6) is 11.5 Å². The average Bonchev–Trinajstić information content (AvgIpc) is 3.36. The summed E-state index contributed by atoms with van der Waals surface area (Å²) in [4.78, 5) is 30.5. The van der Waals surface area contributed by atoms with Gasteiger partial charge >= 0.3 is 0 Å². The Hall–Kier alpha value is -3.78. The molecule has 8 heteroatoms. The maximum Gasteiger partial charge on any atom is 0.259 e. The quantitative estimate of drug-likeness (QED) is 0.476. The molecule has 1 unspecified atom stereocenters. The first-order valence-electron chi connectivity index (χ1n) is 12.1. The van der Waals surface area contributed by atoms with Gasteiger partial charge in [-0.2, -0.15) is 0 Å². The minimum atomic E-state index is -0.268. The van der Waals surface area contributed by atoms with Gasteiger partial charge in [-0.1, -0.05) is 24.3 Å².